The summed E-state index contributed by atoms with van der Waals surface area (Å²) in [6, 6.07) is 3.93. The van der Waals surface area contributed by atoms with E-state index in [2.05, 4.69) is 15.3 Å². The number of nitrogens with one attached hydrogen (secondary N) is 2. The molecule has 2 aromatic rings. The van der Waals surface area contributed by atoms with Crippen LogP contribution in [-0.4, -0.2) is 15.9 Å². The lowest BCUT2D eigenvalue weighted by Gasteiger charge is -2.09. The first-order valence-corrected chi connectivity index (χ1v) is 7.09. The normalized spacial score (nSPS) is 13.9. The number of aryl methyl sites for hydroxylation is 4. The van der Waals surface area contributed by atoms with Crippen molar-refractivity contribution in [2.75, 3.05) is 5.32 Å². The van der Waals surface area contributed by atoms with E-state index < -0.39 is 0 Å². The Balaban J connectivity index is 1.78. The molecule has 20 heavy (non-hydrogen) atoms. The standard InChI is InChI=1S/C16H19N3O/c1-10-7-13(9-17-11(10)2)18-16(20)15-8-12-5-3-4-6-14(12)19-15/h7-9,19H,3-6H2,1-2H3,(H,18,20). The third-order valence-corrected chi connectivity index (χ3v) is 3.96. The van der Waals surface area contributed by atoms with Crippen molar-refractivity contribution in [2.45, 2.75) is 39.5 Å². The summed E-state index contributed by atoms with van der Waals surface area (Å²) in [5, 5.41) is 2.90. The van der Waals surface area contributed by atoms with Gasteiger partial charge in [0.2, 0.25) is 0 Å². The number of H-pyrrole nitrogens is 1. The van der Waals surface area contributed by atoms with E-state index >= 15 is 0 Å². The molecule has 0 atom stereocenters. The first kappa shape index (κ1) is 12.9. The van der Waals surface area contributed by atoms with Crippen molar-refractivity contribution in [3.05, 3.63) is 46.5 Å². The van der Waals surface area contributed by atoms with Crippen LogP contribution in [0.25, 0.3) is 0 Å². The van der Waals surface area contributed by atoms with Crippen molar-refractivity contribution in [3.63, 3.8) is 0 Å². The molecule has 0 saturated carbocycles. The zero-order chi connectivity index (χ0) is 14.1. The Morgan fingerprint density at radius 3 is 2.80 bits per heavy atom. The van der Waals surface area contributed by atoms with Crippen molar-refractivity contribution in [3.8, 4) is 0 Å². The lowest BCUT2D eigenvalue weighted by molar-refractivity contribution is 0.102. The molecule has 3 rings (SSSR count). The molecule has 0 radical (unpaired) electrons. The fourth-order valence-corrected chi connectivity index (χ4v) is 2.64. The molecule has 1 amide bonds. The van der Waals surface area contributed by atoms with Crippen molar-refractivity contribution >= 4 is 11.6 Å². The van der Waals surface area contributed by atoms with E-state index in [-0.39, 0.29) is 5.91 Å². The number of aromatic nitrogens is 2. The number of amides is 1. The molecule has 0 aliphatic heterocycles. The largest absolute Gasteiger partial charge is 0.354 e. The van der Waals surface area contributed by atoms with E-state index in [1.807, 2.05) is 26.0 Å². The van der Waals surface area contributed by atoms with Gasteiger partial charge in [0.15, 0.2) is 0 Å². The number of aromatic amines is 1. The molecule has 2 heterocycles. The highest BCUT2D eigenvalue weighted by Crippen LogP contribution is 2.22. The van der Waals surface area contributed by atoms with Crippen LogP contribution >= 0.6 is 0 Å². The van der Waals surface area contributed by atoms with Gasteiger partial charge in [-0.2, -0.15) is 0 Å². The third-order valence-electron chi connectivity index (χ3n) is 3.96. The highest BCUT2D eigenvalue weighted by Gasteiger charge is 2.16. The monoisotopic (exact) mass is 269 g/mol. The maximum Gasteiger partial charge on any atom is 0.272 e. The van der Waals surface area contributed by atoms with Crippen LogP contribution in [0, 0.1) is 13.8 Å². The summed E-state index contributed by atoms with van der Waals surface area (Å²) < 4.78 is 0. The van der Waals surface area contributed by atoms with Crippen molar-refractivity contribution in [1.29, 1.82) is 0 Å². The third kappa shape index (κ3) is 2.46. The maximum absolute atomic E-state index is 12.3. The second-order valence-electron chi connectivity index (χ2n) is 5.47. The smallest absolute Gasteiger partial charge is 0.272 e. The fourth-order valence-electron chi connectivity index (χ4n) is 2.64. The van der Waals surface area contributed by atoms with Gasteiger partial charge in [0.25, 0.3) is 5.91 Å². The summed E-state index contributed by atoms with van der Waals surface area (Å²) >= 11 is 0. The topological polar surface area (TPSA) is 57.8 Å². The molecule has 0 aromatic carbocycles. The number of carbonyl (C=O) groups is 1. The fraction of sp³-hybridized carbons (Fsp3) is 0.375. The minimum atomic E-state index is -0.0931. The van der Waals surface area contributed by atoms with Gasteiger partial charge in [-0.3, -0.25) is 9.78 Å². The van der Waals surface area contributed by atoms with E-state index in [0.717, 1.165) is 29.8 Å². The molecule has 2 aromatic heterocycles. The average molecular weight is 269 g/mol. The number of anilines is 1. The van der Waals surface area contributed by atoms with Gasteiger partial charge >= 0.3 is 0 Å². The van der Waals surface area contributed by atoms with Crippen LogP contribution in [0.2, 0.25) is 0 Å². The Morgan fingerprint density at radius 1 is 1.25 bits per heavy atom. The minimum Gasteiger partial charge on any atom is -0.354 e. The van der Waals surface area contributed by atoms with Crippen LogP contribution in [-0.2, 0) is 12.8 Å². The first-order valence-electron chi connectivity index (χ1n) is 7.09. The molecule has 4 nitrogen and oxygen atoms in total. The van der Waals surface area contributed by atoms with E-state index in [1.165, 1.54) is 24.1 Å². The van der Waals surface area contributed by atoms with Crippen molar-refractivity contribution in [2.24, 2.45) is 0 Å². The number of hydrogen-bond acceptors (Lipinski definition) is 2. The molecule has 0 spiro atoms. The number of carbonyl (C=O) groups excluding carboxylic acids is 1. The summed E-state index contributed by atoms with van der Waals surface area (Å²) in [7, 11) is 0. The molecule has 4 heteroatoms. The number of nitrogens with zero attached hydrogens (tertiary/aromatic N) is 1. The minimum absolute atomic E-state index is 0.0931. The van der Waals surface area contributed by atoms with E-state index in [9.17, 15) is 4.79 Å². The lowest BCUT2D eigenvalue weighted by Crippen LogP contribution is -2.13. The molecule has 104 valence electrons. The van der Waals surface area contributed by atoms with Crippen LogP contribution in [0.4, 0.5) is 5.69 Å². The summed E-state index contributed by atoms with van der Waals surface area (Å²) in [5.41, 5.74) is 5.96. The SMILES string of the molecule is Cc1cc(NC(=O)c2cc3c([nH]2)CCCC3)cnc1C. The Morgan fingerprint density at radius 2 is 2.05 bits per heavy atom. The highest BCUT2D eigenvalue weighted by atomic mass is 16.1. The van der Waals surface area contributed by atoms with E-state index in [4.69, 9.17) is 0 Å². The van der Waals surface area contributed by atoms with Gasteiger partial charge in [-0.15, -0.1) is 0 Å². The molecule has 0 unspecified atom stereocenters. The van der Waals surface area contributed by atoms with Gasteiger partial charge in [0.05, 0.1) is 11.9 Å². The van der Waals surface area contributed by atoms with Gasteiger partial charge in [0, 0.05) is 11.4 Å². The second-order valence-corrected chi connectivity index (χ2v) is 5.47. The predicted octanol–water partition coefficient (Wildman–Crippen LogP) is 3.16. The van der Waals surface area contributed by atoms with Crippen LogP contribution in [0.15, 0.2) is 18.3 Å². The van der Waals surface area contributed by atoms with Gasteiger partial charge in [-0.05, 0) is 62.8 Å². The van der Waals surface area contributed by atoms with Crippen LogP contribution in [0.1, 0.15) is 45.8 Å². The van der Waals surface area contributed by atoms with Gasteiger partial charge in [-0.1, -0.05) is 0 Å². The van der Waals surface area contributed by atoms with Crippen LogP contribution < -0.4 is 5.32 Å². The summed E-state index contributed by atoms with van der Waals surface area (Å²) in [5.74, 6) is -0.0931. The van der Waals surface area contributed by atoms with Crippen LogP contribution in [0.5, 0.6) is 0 Å². The Bertz CT molecular complexity index is 634. The average Bonchev–Trinajstić information content (AvgIpc) is 2.87. The number of fused-ring (bicyclic) bond motifs is 1. The first-order chi connectivity index (χ1) is 9.63. The second kappa shape index (κ2) is 5.12. The number of hydrogen-bond donors (Lipinski definition) is 2. The maximum atomic E-state index is 12.3. The molecular weight excluding hydrogens is 250 g/mol. The molecule has 1 aliphatic rings. The molecule has 1 aliphatic carbocycles. The Kier molecular flexibility index (Phi) is 3.30. The lowest BCUT2D eigenvalue weighted by atomic mass is 9.98. The zero-order valence-electron chi connectivity index (χ0n) is 11.9. The number of rotatable bonds is 2. The Labute approximate surface area is 118 Å². The quantitative estimate of drug-likeness (QED) is 0.879. The Hall–Kier alpha value is -2.10. The highest BCUT2D eigenvalue weighted by molar-refractivity contribution is 6.03. The summed E-state index contributed by atoms with van der Waals surface area (Å²) in [4.78, 5) is 19.8. The van der Waals surface area contributed by atoms with Crippen LogP contribution in [0.3, 0.4) is 0 Å². The van der Waals surface area contributed by atoms with Gasteiger partial charge in [-0.25, -0.2) is 0 Å². The van der Waals surface area contributed by atoms with E-state index in [1.54, 1.807) is 6.20 Å². The molecule has 0 fully saturated rings. The predicted molar refractivity (Wildman–Crippen MR) is 79.1 cm³/mol. The van der Waals surface area contributed by atoms with Crippen molar-refractivity contribution in [1.82, 2.24) is 9.97 Å². The van der Waals surface area contributed by atoms with Gasteiger partial charge < -0.3 is 10.3 Å². The number of pyridine rings is 1. The summed E-state index contributed by atoms with van der Waals surface area (Å²) in [6.45, 7) is 3.95. The molecule has 0 bridgehead atoms. The zero-order valence-corrected chi connectivity index (χ0v) is 11.9. The summed E-state index contributed by atoms with van der Waals surface area (Å²) in [6.07, 6.45) is 6.24. The van der Waals surface area contributed by atoms with Crippen molar-refractivity contribution < 1.29 is 4.79 Å². The van der Waals surface area contributed by atoms with E-state index in [0.29, 0.717) is 5.69 Å². The molecule has 0 saturated heterocycles. The molecule has 2 N–H and O–H groups in total. The van der Waals surface area contributed by atoms with Gasteiger partial charge in [0.1, 0.15) is 5.69 Å². The molecular formula is C16H19N3O.